The van der Waals surface area contributed by atoms with Crippen molar-refractivity contribution in [2.24, 2.45) is 0 Å². The summed E-state index contributed by atoms with van der Waals surface area (Å²) in [7, 11) is 0. The third kappa shape index (κ3) is 4.42. The summed E-state index contributed by atoms with van der Waals surface area (Å²) in [4.78, 5) is 12.2. The Morgan fingerprint density at radius 2 is 1.96 bits per heavy atom. The predicted octanol–water partition coefficient (Wildman–Crippen LogP) is 4.14. The molecular weight excluding hydrogens is 384 g/mol. The third-order valence-electron chi connectivity index (χ3n) is 3.59. The quantitative estimate of drug-likeness (QED) is 0.631. The first-order valence-electron chi connectivity index (χ1n) is 7.93. The van der Waals surface area contributed by atoms with E-state index in [9.17, 15) is 10.1 Å². The van der Waals surface area contributed by atoms with Crippen LogP contribution in [-0.2, 0) is 4.79 Å². The molecule has 136 valence electrons. The van der Waals surface area contributed by atoms with Gasteiger partial charge in [0, 0.05) is 5.02 Å². The second kappa shape index (κ2) is 8.62. The molecule has 0 atom stereocenters. The number of amides is 1. The molecule has 0 aliphatic carbocycles. The monoisotopic (exact) mass is 398 g/mol. The third-order valence-corrected chi connectivity index (χ3v) is 4.61. The average molecular weight is 399 g/mol. The molecule has 1 amide bonds. The van der Waals surface area contributed by atoms with E-state index in [-0.39, 0.29) is 12.4 Å². The first-order chi connectivity index (χ1) is 13.1. The van der Waals surface area contributed by atoms with Crippen molar-refractivity contribution in [3.63, 3.8) is 0 Å². The van der Waals surface area contributed by atoms with E-state index in [0.717, 1.165) is 5.69 Å². The Morgan fingerprint density at radius 3 is 2.59 bits per heavy atom. The highest BCUT2D eigenvalue weighted by atomic mass is 35.5. The number of halogens is 1. The molecule has 1 heterocycles. The van der Waals surface area contributed by atoms with Gasteiger partial charge in [-0.05, 0) is 42.7 Å². The van der Waals surface area contributed by atoms with E-state index in [1.165, 1.54) is 11.8 Å². The summed E-state index contributed by atoms with van der Waals surface area (Å²) >= 11 is 7.20. The van der Waals surface area contributed by atoms with Gasteiger partial charge < -0.3 is 10.1 Å². The SMILES string of the molecule is CSc1c(C#N)c(NC(=O)COc2ccc(Cl)cc2)nn1-c1ccccc1. The maximum Gasteiger partial charge on any atom is 0.263 e. The molecule has 0 bridgehead atoms. The summed E-state index contributed by atoms with van der Waals surface area (Å²) < 4.78 is 7.06. The van der Waals surface area contributed by atoms with Gasteiger partial charge in [0.1, 0.15) is 22.4 Å². The Labute approximate surface area is 165 Å². The number of thioether (sulfide) groups is 1. The van der Waals surface area contributed by atoms with Crippen LogP contribution in [0.15, 0.2) is 59.6 Å². The molecule has 0 saturated carbocycles. The predicted molar refractivity (Wildman–Crippen MR) is 106 cm³/mol. The van der Waals surface area contributed by atoms with Crippen LogP contribution in [0, 0.1) is 11.3 Å². The largest absolute Gasteiger partial charge is 0.484 e. The fourth-order valence-corrected chi connectivity index (χ4v) is 3.16. The fraction of sp³-hybridized carbons (Fsp3) is 0.105. The zero-order valence-corrected chi connectivity index (χ0v) is 15.9. The van der Waals surface area contributed by atoms with Crippen molar-refractivity contribution in [3.8, 4) is 17.5 Å². The Balaban J connectivity index is 1.78. The first kappa shape index (κ1) is 18.8. The number of hydrogen-bond acceptors (Lipinski definition) is 5. The lowest BCUT2D eigenvalue weighted by atomic mass is 10.3. The van der Waals surface area contributed by atoms with Gasteiger partial charge in [-0.25, -0.2) is 4.68 Å². The topological polar surface area (TPSA) is 79.9 Å². The molecule has 2 aromatic carbocycles. The zero-order chi connectivity index (χ0) is 19.2. The smallest absolute Gasteiger partial charge is 0.263 e. The molecule has 0 aliphatic rings. The highest BCUT2D eigenvalue weighted by Gasteiger charge is 2.20. The maximum absolute atomic E-state index is 12.2. The van der Waals surface area contributed by atoms with Crippen LogP contribution in [0.25, 0.3) is 5.69 Å². The van der Waals surface area contributed by atoms with Gasteiger partial charge in [0.05, 0.1) is 5.69 Å². The Morgan fingerprint density at radius 1 is 1.26 bits per heavy atom. The summed E-state index contributed by atoms with van der Waals surface area (Å²) in [6, 6.07) is 18.2. The number of nitriles is 1. The van der Waals surface area contributed by atoms with Crippen molar-refractivity contribution in [2.75, 3.05) is 18.2 Å². The van der Waals surface area contributed by atoms with E-state index in [4.69, 9.17) is 16.3 Å². The van der Waals surface area contributed by atoms with Crippen molar-refractivity contribution in [2.45, 2.75) is 5.03 Å². The lowest BCUT2D eigenvalue weighted by molar-refractivity contribution is -0.118. The number of nitrogens with zero attached hydrogens (tertiary/aromatic N) is 3. The number of nitrogens with one attached hydrogen (secondary N) is 1. The van der Waals surface area contributed by atoms with Crippen LogP contribution >= 0.6 is 23.4 Å². The first-order valence-corrected chi connectivity index (χ1v) is 9.53. The van der Waals surface area contributed by atoms with E-state index >= 15 is 0 Å². The average Bonchev–Trinajstić information content (AvgIpc) is 3.05. The Bertz CT molecular complexity index is 981. The maximum atomic E-state index is 12.2. The van der Waals surface area contributed by atoms with Crippen LogP contribution in [0.1, 0.15) is 5.56 Å². The van der Waals surface area contributed by atoms with Crippen molar-refractivity contribution in [1.82, 2.24) is 9.78 Å². The summed E-state index contributed by atoms with van der Waals surface area (Å²) in [5.41, 5.74) is 1.11. The van der Waals surface area contributed by atoms with Crippen LogP contribution in [0.4, 0.5) is 5.82 Å². The number of carbonyl (C=O) groups is 1. The molecular formula is C19H15ClN4O2S. The molecule has 1 aromatic heterocycles. The molecule has 0 spiro atoms. The molecule has 0 radical (unpaired) electrons. The van der Waals surface area contributed by atoms with E-state index in [1.807, 2.05) is 36.6 Å². The second-order valence-electron chi connectivity index (χ2n) is 5.38. The summed E-state index contributed by atoms with van der Waals surface area (Å²) in [5, 5.41) is 17.8. The van der Waals surface area contributed by atoms with Crippen LogP contribution in [0.5, 0.6) is 5.75 Å². The van der Waals surface area contributed by atoms with Crippen molar-refractivity contribution in [1.29, 1.82) is 5.26 Å². The molecule has 3 aromatic rings. The Hall–Kier alpha value is -2.95. The standard InChI is InChI=1S/C19H15ClN4O2S/c1-27-19-16(11-21)18(23-24(19)14-5-3-2-4-6-14)22-17(25)12-26-15-9-7-13(20)8-10-15/h2-10H,12H2,1H3,(H,22,23,25). The van der Waals surface area contributed by atoms with Crippen LogP contribution < -0.4 is 10.1 Å². The number of anilines is 1. The van der Waals surface area contributed by atoms with Crippen molar-refractivity contribution >= 4 is 35.1 Å². The van der Waals surface area contributed by atoms with Gasteiger partial charge in [0.15, 0.2) is 12.4 Å². The van der Waals surface area contributed by atoms with Gasteiger partial charge in [-0.15, -0.1) is 16.9 Å². The minimum Gasteiger partial charge on any atom is -0.484 e. The van der Waals surface area contributed by atoms with E-state index in [2.05, 4.69) is 16.5 Å². The minimum absolute atomic E-state index is 0.204. The molecule has 0 saturated heterocycles. The minimum atomic E-state index is -0.410. The van der Waals surface area contributed by atoms with E-state index in [0.29, 0.717) is 21.4 Å². The van der Waals surface area contributed by atoms with Gasteiger partial charge in [-0.3, -0.25) is 4.79 Å². The number of aromatic nitrogens is 2. The highest BCUT2D eigenvalue weighted by Crippen LogP contribution is 2.29. The van der Waals surface area contributed by atoms with Crippen LogP contribution in [-0.4, -0.2) is 28.6 Å². The Kier molecular flexibility index (Phi) is 6.01. The summed E-state index contributed by atoms with van der Waals surface area (Å²) in [6.45, 7) is -0.209. The van der Waals surface area contributed by atoms with Gasteiger partial charge >= 0.3 is 0 Å². The van der Waals surface area contributed by atoms with Gasteiger partial charge in [-0.1, -0.05) is 29.8 Å². The van der Waals surface area contributed by atoms with Gasteiger partial charge in [-0.2, -0.15) is 5.26 Å². The van der Waals surface area contributed by atoms with E-state index < -0.39 is 5.91 Å². The number of carbonyl (C=O) groups excluding carboxylic acids is 1. The molecule has 3 rings (SSSR count). The number of ether oxygens (including phenoxy) is 1. The number of hydrogen-bond donors (Lipinski definition) is 1. The van der Waals surface area contributed by atoms with Crippen LogP contribution in [0.3, 0.4) is 0 Å². The van der Waals surface area contributed by atoms with Crippen LogP contribution in [0.2, 0.25) is 5.02 Å². The van der Waals surface area contributed by atoms with Gasteiger partial charge in [0.25, 0.3) is 5.91 Å². The number of benzene rings is 2. The van der Waals surface area contributed by atoms with Crippen molar-refractivity contribution < 1.29 is 9.53 Å². The second-order valence-corrected chi connectivity index (χ2v) is 6.61. The number of para-hydroxylation sites is 1. The highest BCUT2D eigenvalue weighted by molar-refractivity contribution is 7.98. The fourth-order valence-electron chi connectivity index (χ4n) is 2.37. The molecule has 0 unspecified atom stereocenters. The summed E-state index contributed by atoms with van der Waals surface area (Å²) in [5.74, 6) is 0.317. The molecule has 6 nitrogen and oxygen atoms in total. The van der Waals surface area contributed by atoms with Gasteiger partial charge in [0.2, 0.25) is 0 Å². The lowest BCUT2D eigenvalue weighted by Gasteiger charge is -2.06. The molecule has 0 fully saturated rings. The normalized spacial score (nSPS) is 10.3. The van der Waals surface area contributed by atoms with E-state index in [1.54, 1.807) is 28.9 Å². The number of rotatable bonds is 6. The molecule has 8 heteroatoms. The molecule has 1 N–H and O–H groups in total. The van der Waals surface area contributed by atoms with Crippen molar-refractivity contribution in [3.05, 3.63) is 65.2 Å². The zero-order valence-electron chi connectivity index (χ0n) is 14.3. The lowest BCUT2D eigenvalue weighted by Crippen LogP contribution is -2.21. The summed E-state index contributed by atoms with van der Waals surface area (Å²) in [6.07, 6.45) is 1.85. The molecule has 0 aliphatic heterocycles. The molecule has 27 heavy (non-hydrogen) atoms.